The lowest BCUT2D eigenvalue weighted by Crippen LogP contribution is -2.36. The molecule has 31 heavy (non-hydrogen) atoms. The van der Waals surface area contributed by atoms with Crippen LogP contribution >= 0.6 is 11.8 Å². The number of carbonyl (C=O) groups is 1. The SMILES string of the molecule is CSC1=C(C(=O)c2ccccc2)C(N)=C(C#N)C(c2ccccc2)N1c1ccccc1. The van der Waals surface area contributed by atoms with Gasteiger partial charge in [-0.1, -0.05) is 78.9 Å². The van der Waals surface area contributed by atoms with Crippen molar-refractivity contribution in [2.24, 2.45) is 5.73 Å². The summed E-state index contributed by atoms with van der Waals surface area (Å²) in [6, 6.07) is 30.5. The number of benzene rings is 3. The molecule has 1 heterocycles. The highest BCUT2D eigenvalue weighted by Crippen LogP contribution is 2.45. The molecule has 1 atom stereocenters. The molecule has 152 valence electrons. The normalized spacial score (nSPS) is 16.3. The zero-order chi connectivity index (χ0) is 21.8. The molecule has 1 unspecified atom stereocenters. The number of para-hydroxylation sites is 1. The van der Waals surface area contributed by atoms with E-state index in [1.54, 1.807) is 12.1 Å². The number of nitriles is 1. The van der Waals surface area contributed by atoms with Crippen molar-refractivity contribution in [1.29, 1.82) is 5.26 Å². The minimum atomic E-state index is -0.427. The number of hydrogen-bond donors (Lipinski definition) is 1. The van der Waals surface area contributed by atoms with Crippen LogP contribution in [0.2, 0.25) is 0 Å². The Bertz CT molecular complexity index is 1200. The van der Waals surface area contributed by atoms with E-state index < -0.39 is 6.04 Å². The Morgan fingerprint density at radius 3 is 2.03 bits per heavy atom. The van der Waals surface area contributed by atoms with Gasteiger partial charge in [-0.2, -0.15) is 5.26 Å². The van der Waals surface area contributed by atoms with Crippen LogP contribution in [0.1, 0.15) is 22.0 Å². The molecule has 0 spiro atoms. The standard InChI is InChI=1S/C26H21N3OS/c1-31-26-22(25(30)19-13-7-3-8-14-19)23(28)21(17-27)24(18-11-5-2-6-12-18)29(26)20-15-9-4-10-16-20/h2-16,24H,28H2,1H3. The van der Waals surface area contributed by atoms with Crippen LogP contribution in [0.15, 0.2) is 113 Å². The van der Waals surface area contributed by atoms with Gasteiger partial charge in [0.05, 0.1) is 34.0 Å². The fourth-order valence-corrected chi connectivity index (χ4v) is 4.66. The first-order chi connectivity index (χ1) is 15.2. The molecular formula is C26H21N3OS. The molecule has 0 amide bonds. The van der Waals surface area contributed by atoms with Gasteiger partial charge < -0.3 is 10.6 Å². The highest BCUT2D eigenvalue weighted by atomic mass is 32.2. The van der Waals surface area contributed by atoms with Gasteiger partial charge in [-0.3, -0.25) is 4.79 Å². The molecule has 5 heteroatoms. The van der Waals surface area contributed by atoms with Crippen LogP contribution in [-0.4, -0.2) is 12.0 Å². The van der Waals surface area contributed by atoms with E-state index in [4.69, 9.17) is 5.73 Å². The predicted octanol–water partition coefficient (Wildman–Crippen LogP) is 5.44. The molecule has 4 nitrogen and oxygen atoms in total. The van der Waals surface area contributed by atoms with E-state index >= 15 is 0 Å². The Kier molecular flexibility index (Phi) is 5.92. The highest BCUT2D eigenvalue weighted by molar-refractivity contribution is 8.02. The number of nitrogens with zero attached hydrogens (tertiary/aromatic N) is 2. The van der Waals surface area contributed by atoms with Crippen molar-refractivity contribution in [2.75, 3.05) is 11.2 Å². The van der Waals surface area contributed by atoms with E-state index in [2.05, 4.69) is 6.07 Å². The van der Waals surface area contributed by atoms with Gasteiger partial charge in [-0.15, -0.1) is 11.8 Å². The number of rotatable bonds is 5. The number of ketones is 1. The number of thioether (sulfide) groups is 1. The predicted molar refractivity (Wildman–Crippen MR) is 126 cm³/mol. The second-order valence-corrected chi connectivity index (χ2v) is 7.83. The molecule has 0 aliphatic carbocycles. The summed E-state index contributed by atoms with van der Waals surface area (Å²) in [6.07, 6.45) is 1.93. The maximum Gasteiger partial charge on any atom is 0.197 e. The third kappa shape index (κ3) is 3.74. The summed E-state index contributed by atoms with van der Waals surface area (Å²) in [7, 11) is 0. The Hall–Kier alpha value is -3.75. The molecule has 2 N–H and O–H groups in total. The summed E-state index contributed by atoms with van der Waals surface area (Å²) in [4.78, 5) is 15.6. The molecule has 0 saturated carbocycles. The van der Waals surface area contributed by atoms with Crippen LogP contribution < -0.4 is 10.6 Å². The summed E-state index contributed by atoms with van der Waals surface area (Å²) in [5.74, 6) is -0.192. The molecule has 0 fully saturated rings. The van der Waals surface area contributed by atoms with Gasteiger partial charge in [0.25, 0.3) is 0 Å². The fraction of sp³-hybridized carbons (Fsp3) is 0.0769. The van der Waals surface area contributed by atoms with Crippen LogP contribution in [0.3, 0.4) is 0 Å². The highest BCUT2D eigenvalue weighted by Gasteiger charge is 2.38. The van der Waals surface area contributed by atoms with E-state index in [9.17, 15) is 10.1 Å². The number of hydrogen-bond acceptors (Lipinski definition) is 5. The Morgan fingerprint density at radius 1 is 0.935 bits per heavy atom. The molecule has 1 aliphatic heterocycles. The molecule has 4 rings (SSSR count). The molecule has 3 aromatic carbocycles. The maximum atomic E-state index is 13.5. The third-order valence-corrected chi connectivity index (χ3v) is 6.04. The van der Waals surface area contributed by atoms with Crippen molar-refractivity contribution in [3.05, 3.63) is 124 Å². The molecular weight excluding hydrogens is 402 g/mol. The second-order valence-electron chi connectivity index (χ2n) is 7.04. The smallest absolute Gasteiger partial charge is 0.197 e. The number of nitrogens with two attached hydrogens (primary N) is 1. The molecule has 1 aliphatic rings. The number of allylic oxidation sites excluding steroid dienone is 1. The van der Waals surface area contributed by atoms with Crippen molar-refractivity contribution in [3.63, 3.8) is 0 Å². The van der Waals surface area contributed by atoms with Crippen LogP contribution in [0.5, 0.6) is 0 Å². The lowest BCUT2D eigenvalue weighted by Gasteiger charge is -2.39. The first-order valence-corrected chi connectivity index (χ1v) is 11.1. The lowest BCUT2D eigenvalue weighted by molar-refractivity contribution is 0.103. The quantitative estimate of drug-likeness (QED) is 0.553. The van der Waals surface area contributed by atoms with Crippen LogP contribution in [0.4, 0.5) is 5.69 Å². The zero-order valence-electron chi connectivity index (χ0n) is 17.0. The molecule has 0 bridgehead atoms. The van der Waals surface area contributed by atoms with Crippen LogP contribution in [0.25, 0.3) is 0 Å². The zero-order valence-corrected chi connectivity index (χ0v) is 17.8. The number of anilines is 1. The molecule has 0 saturated heterocycles. The summed E-state index contributed by atoms with van der Waals surface area (Å²) in [5.41, 5.74) is 9.88. The third-order valence-electron chi connectivity index (χ3n) is 5.25. The van der Waals surface area contributed by atoms with E-state index in [0.29, 0.717) is 16.7 Å². The summed E-state index contributed by atoms with van der Waals surface area (Å²) in [5, 5.41) is 10.9. The Balaban J connectivity index is 2.00. The van der Waals surface area contributed by atoms with Crippen molar-refractivity contribution in [2.45, 2.75) is 6.04 Å². The van der Waals surface area contributed by atoms with E-state index in [1.165, 1.54) is 11.8 Å². The lowest BCUT2D eigenvalue weighted by atomic mass is 9.88. The van der Waals surface area contributed by atoms with Gasteiger partial charge in [0.1, 0.15) is 0 Å². The first kappa shape index (κ1) is 20.5. The van der Waals surface area contributed by atoms with Gasteiger partial charge in [0.2, 0.25) is 0 Å². The molecule has 3 aromatic rings. The first-order valence-electron chi connectivity index (χ1n) is 9.84. The Morgan fingerprint density at radius 2 is 1.48 bits per heavy atom. The summed E-state index contributed by atoms with van der Waals surface area (Å²) < 4.78 is 0. The second kappa shape index (κ2) is 8.95. The molecule has 0 aromatic heterocycles. The van der Waals surface area contributed by atoms with Crippen molar-refractivity contribution in [3.8, 4) is 6.07 Å². The van der Waals surface area contributed by atoms with Gasteiger partial charge in [-0.05, 0) is 24.0 Å². The monoisotopic (exact) mass is 423 g/mol. The van der Waals surface area contributed by atoms with E-state index in [1.807, 2.05) is 90.0 Å². The van der Waals surface area contributed by atoms with Crippen molar-refractivity contribution < 1.29 is 4.79 Å². The van der Waals surface area contributed by atoms with Gasteiger partial charge in [0.15, 0.2) is 5.78 Å². The van der Waals surface area contributed by atoms with Crippen LogP contribution in [-0.2, 0) is 0 Å². The summed E-state index contributed by atoms with van der Waals surface area (Å²) in [6.45, 7) is 0. The van der Waals surface area contributed by atoms with E-state index in [-0.39, 0.29) is 11.5 Å². The van der Waals surface area contributed by atoms with Gasteiger partial charge >= 0.3 is 0 Å². The average Bonchev–Trinajstić information content (AvgIpc) is 2.84. The van der Waals surface area contributed by atoms with Gasteiger partial charge in [-0.25, -0.2) is 0 Å². The Labute approximate surface area is 186 Å². The number of Topliss-reactive ketones (excluding diaryl/α,β-unsaturated/α-hetero) is 1. The summed E-state index contributed by atoms with van der Waals surface area (Å²) >= 11 is 1.46. The minimum Gasteiger partial charge on any atom is -0.397 e. The molecule has 0 radical (unpaired) electrons. The van der Waals surface area contributed by atoms with E-state index in [0.717, 1.165) is 16.3 Å². The largest absolute Gasteiger partial charge is 0.397 e. The topological polar surface area (TPSA) is 70.1 Å². The average molecular weight is 424 g/mol. The van der Waals surface area contributed by atoms with Gasteiger partial charge in [0, 0.05) is 11.3 Å². The number of carbonyl (C=O) groups excluding carboxylic acids is 1. The maximum absolute atomic E-state index is 13.5. The van der Waals surface area contributed by atoms with Crippen molar-refractivity contribution in [1.82, 2.24) is 0 Å². The van der Waals surface area contributed by atoms with Crippen LogP contribution in [0, 0.1) is 11.3 Å². The minimum absolute atomic E-state index is 0.192. The fourth-order valence-electron chi connectivity index (χ4n) is 3.85. The van der Waals surface area contributed by atoms with Crippen molar-refractivity contribution >= 4 is 23.2 Å².